The van der Waals surface area contributed by atoms with E-state index in [2.05, 4.69) is 46.0 Å². The fraction of sp³-hybridized carbons (Fsp3) is 0.314. The molecule has 2 fully saturated rings. The minimum Gasteiger partial charge on any atom is -0.508 e. The lowest BCUT2D eigenvalue weighted by atomic mass is 10.1. The van der Waals surface area contributed by atoms with Gasteiger partial charge in [-0.3, -0.25) is 4.99 Å². The lowest BCUT2D eigenvalue weighted by Gasteiger charge is -2.18. The van der Waals surface area contributed by atoms with Crippen LogP contribution in [0, 0.1) is 6.92 Å². The third kappa shape index (κ3) is 7.77. The quantitative estimate of drug-likeness (QED) is 0.161. The molecule has 0 atom stereocenters. The molecule has 3 heterocycles. The maximum atomic E-state index is 9.25. The number of hydrogen-bond acceptors (Lipinski definition) is 8. The second-order valence-corrected chi connectivity index (χ2v) is 10.9. The fourth-order valence-electron chi connectivity index (χ4n) is 5.46. The van der Waals surface area contributed by atoms with Gasteiger partial charge in [0.25, 0.3) is 0 Å². The Bertz CT molecular complexity index is 1670. The monoisotopic (exact) mass is 579 g/mol. The topological polar surface area (TPSA) is 111 Å². The summed E-state index contributed by atoms with van der Waals surface area (Å²) >= 11 is 0. The molecule has 0 spiro atoms. The van der Waals surface area contributed by atoms with Gasteiger partial charge in [-0.25, -0.2) is 4.98 Å². The van der Waals surface area contributed by atoms with E-state index < -0.39 is 0 Å². The van der Waals surface area contributed by atoms with Gasteiger partial charge in [-0.1, -0.05) is 12.1 Å². The zero-order valence-corrected chi connectivity index (χ0v) is 25.0. The van der Waals surface area contributed by atoms with Gasteiger partial charge in [-0.15, -0.1) is 0 Å². The predicted octanol–water partition coefficient (Wildman–Crippen LogP) is 6.73. The number of aromatic nitrogens is 1. The standard InChI is InChI=1S/C19H21N3O.C10H13NO.C6H7NO/c1-3-20-16-12-19-17(10-13(16)2)21-15-7-6-14(11-18(15)23-19)22-8-4-5-9-22;12-10-5-3-4-9(8-10)11-6-1-2-7-11;7-5-2-1-3-6(8)4-5/h6-7,10-12H,3-5,8-9H2,1-2H3;3-5,8,12H,1-2,6-7H2;1-4,8H,7H2. The number of anilines is 3. The SMILES string of the molecule is CCN=c1cc2oc3cc(N4CCCC4)ccc3nc-2cc1C.Nc1cccc(O)c1.Oc1cccc(N2CCCC2)c1. The maximum Gasteiger partial charge on any atom is 0.155 e. The molecule has 0 radical (unpaired) electrons. The van der Waals surface area contributed by atoms with Crippen molar-refractivity contribution in [2.24, 2.45) is 4.99 Å². The van der Waals surface area contributed by atoms with Gasteiger partial charge >= 0.3 is 0 Å². The molecule has 8 nitrogen and oxygen atoms in total. The van der Waals surface area contributed by atoms with E-state index in [0.717, 1.165) is 71.9 Å². The van der Waals surface area contributed by atoms with E-state index in [4.69, 9.17) is 20.2 Å². The Kier molecular flexibility index (Phi) is 9.66. The van der Waals surface area contributed by atoms with Gasteiger partial charge in [0.1, 0.15) is 22.7 Å². The number of phenolic OH excluding ortho intramolecular Hbond substituents is 2. The highest BCUT2D eigenvalue weighted by atomic mass is 16.3. The highest BCUT2D eigenvalue weighted by Gasteiger charge is 2.15. The molecule has 2 saturated heterocycles. The van der Waals surface area contributed by atoms with Crippen molar-refractivity contribution in [1.29, 1.82) is 0 Å². The molecule has 3 aromatic carbocycles. The van der Waals surface area contributed by atoms with Crippen molar-refractivity contribution < 1.29 is 14.6 Å². The summed E-state index contributed by atoms with van der Waals surface area (Å²) in [5.41, 5.74) is 12.0. The van der Waals surface area contributed by atoms with Crippen LogP contribution in [0.25, 0.3) is 22.6 Å². The van der Waals surface area contributed by atoms with Gasteiger partial charge < -0.3 is 30.2 Å². The van der Waals surface area contributed by atoms with Crippen molar-refractivity contribution in [1.82, 2.24) is 4.98 Å². The predicted molar refractivity (Wildman–Crippen MR) is 175 cm³/mol. The van der Waals surface area contributed by atoms with Crippen molar-refractivity contribution in [3.63, 3.8) is 0 Å². The molecule has 0 aromatic heterocycles. The second-order valence-electron chi connectivity index (χ2n) is 10.9. The number of aromatic hydroxyl groups is 2. The van der Waals surface area contributed by atoms with Gasteiger partial charge in [0.15, 0.2) is 11.3 Å². The van der Waals surface area contributed by atoms with Crippen molar-refractivity contribution in [3.05, 3.63) is 89.8 Å². The van der Waals surface area contributed by atoms with Crippen LogP contribution in [0.2, 0.25) is 0 Å². The number of nitrogen functional groups attached to an aromatic ring is 1. The molecule has 4 N–H and O–H groups in total. The Morgan fingerprint density at radius 2 is 1.42 bits per heavy atom. The van der Waals surface area contributed by atoms with Crippen LogP contribution < -0.4 is 20.9 Å². The second kappa shape index (κ2) is 14.0. The lowest BCUT2D eigenvalue weighted by Crippen LogP contribution is -2.17. The van der Waals surface area contributed by atoms with E-state index in [1.54, 1.807) is 24.3 Å². The number of phenols is 2. The number of hydrogen-bond donors (Lipinski definition) is 3. The van der Waals surface area contributed by atoms with E-state index in [0.29, 0.717) is 11.4 Å². The average molecular weight is 580 g/mol. The zero-order chi connectivity index (χ0) is 30.2. The summed E-state index contributed by atoms with van der Waals surface area (Å²) in [5, 5.41) is 19.0. The van der Waals surface area contributed by atoms with Crippen molar-refractivity contribution in [2.75, 3.05) is 48.3 Å². The van der Waals surface area contributed by atoms with E-state index in [1.807, 2.05) is 31.2 Å². The highest BCUT2D eigenvalue weighted by Crippen LogP contribution is 2.29. The first kappa shape index (κ1) is 29.8. The lowest BCUT2D eigenvalue weighted by molar-refractivity contribution is 0.475. The minimum absolute atomic E-state index is 0.213. The summed E-state index contributed by atoms with van der Waals surface area (Å²) in [6.45, 7) is 9.40. The summed E-state index contributed by atoms with van der Waals surface area (Å²) in [6, 6.07) is 24.4. The van der Waals surface area contributed by atoms with Crippen LogP contribution in [0.1, 0.15) is 38.2 Å². The smallest absolute Gasteiger partial charge is 0.155 e. The Balaban J connectivity index is 0.000000153. The van der Waals surface area contributed by atoms with Crippen LogP contribution in [0.3, 0.4) is 0 Å². The third-order valence-electron chi connectivity index (χ3n) is 7.65. The molecule has 3 aromatic rings. The molecule has 224 valence electrons. The van der Waals surface area contributed by atoms with E-state index in [-0.39, 0.29) is 5.75 Å². The molecule has 43 heavy (non-hydrogen) atoms. The van der Waals surface area contributed by atoms with Gasteiger partial charge in [0.05, 0.1) is 5.36 Å². The summed E-state index contributed by atoms with van der Waals surface area (Å²) in [7, 11) is 0. The first-order chi connectivity index (χ1) is 20.9. The summed E-state index contributed by atoms with van der Waals surface area (Å²) in [4.78, 5) is 14.0. The van der Waals surface area contributed by atoms with Crippen LogP contribution >= 0.6 is 0 Å². The average Bonchev–Trinajstić information content (AvgIpc) is 3.73. The number of rotatable bonds is 3. The minimum atomic E-state index is 0.213. The van der Waals surface area contributed by atoms with E-state index in [1.165, 1.54) is 37.4 Å². The molecule has 3 aliphatic heterocycles. The van der Waals surface area contributed by atoms with Gasteiger partial charge in [0, 0.05) is 74.1 Å². The van der Waals surface area contributed by atoms with Crippen molar-refractivity contribution in [2.45, 2.75) is 39.5 Å². The van der Waals surface area contributed by atoms with E-state index in [9.17, 15) is 5.11 Å². The van der Waals surface area contributed by atoms with Crippen molar-refractivity contribution in [3.8, 4) is 23.0 Å². The highest BCUT2D eigenvalue weighted by molar-refractivity contribution is 5.80. The molecule has 8 heteroatoms. The molecule has 1 aliphatic carbocycles. The number of nitrogens with zero attached hydrogens (tertiary/aromatic N) is 4. The Labute approximate surface area is 253 Å². The van der Waals surface area contributed by atoms with Gasteiger partial charge in [-0.05, 0) is 87.6 Å². The molecular formula is C35H41N5O3. The van der Waals surface area contributed by atoms with Crippen LogP contribution in [0.5, 0.6) is 11.5 Å². The summed E-state index contributed by atoms with van der Waals surface area (Å²) in [5.74, 6) is 1.37. The van der Waals surface area contributed by atoms with Gasteiger partial charge in [0.2, 0.25) is 0 Å². The molecule has 7 rings (SSSR count). The summed E-state index contributed by atoms with van der Waals surface area (Å²) in [6.07, 6.45) is 5.09. The van der Waals surface area contributed by atoms with Crippen LogP contribution in [0.15, 0.2) is 88.3 Å². The molecule has 0 amide bonds. The molecule has 0 unspecified atom stereocenters. The Morgan fingerprint density at radius 3 is 2.00 bits per heavy atom. The molecular weight excluding hydrogens is 538 g/mol. The zero-order valence-electron chi connectivity index (χ0n) is 25.0. The number of fused-ring (bicyclic) bond motifs is 2. The summed E-state index contributed by atoms with van der Waals surface area (Å²) < 4.78 is 6.14. The first-order valence-corrected chi connectivity index (χ1v) is 15.1. The first-order valence-electron chi connectivity index (χ1n) is 15.1. The Morgan fingerprint density at radius 1 is 0.791 bits per heavy atom. The van der Waals surface area contributed by atoms with Crippen LogP contribution in [-0.2, 0) is 0 Å². The number of aryl methyl sites for hydroxylation is 1. The number of nitrogens with two attached hydrogens (primary N) is 1. The molecule has 0 saturated carbocycles. The molecule has 4 aliphatic rings. The van der Waals surface area contributed by atoms with Crippen LogP contribution in [-0.4, -0.2) is 47.9 Å². The van der Waals surface area contributed by atoms with Gasteiger partial charge in [-0.2, -0.15) is 0 Å². The van der Waals surface area contributed by atoms with Crippen LogP contribution in [0.4, 0.5) is 17.1 Å². The van der Waals surface area contributed by atoms with Crippen molar-refractivity contribution >= 4 is 28.2 Å². The Hall–Kier alpha value is -4.72. The third-order valence-corrected chi connectivity index (χ3v) is 7.65. The normalized spacial score (nSPS) is 14.9. The molecule has 0 bridgehead atoms. The largest absolute Gasteiger partial charge is 0.508 e. The maximum absolute atomic E-state index is 9.25. The fourth-order valence-corrected chi connectivity index (χ4v) is 5.46. The van der Waals surface area contributed by atoms with E-state index >= 15 is 0 Å². The number of benzene rings is 4.